The maximum atomic E-state index is 14.7. The molecule has 4 aromatic rings. The van der Waals surface area contributed by atoms with Crippen LogP contribution in [0.4, 0.5) is 5.69 Å². The Morgan fingerprint density at radius 3 is 2.40 bits per heavy atom. The van der Waals surface area contributed by atoms with Gasteiger partial charge in [0.25, 0.3) is 0 Å². The number of hydrogen-bond acceptors (Lipinski definition) is 6. The summed E-state index contributed by atoms with van der Waals surface area (Å²) in [4.78, 5) is 46.5. The molecule has 7 heteroatoms. The van der Waals surface area contributed by atoms with Crippen LogP contribution in [0.25, 0.3) is 6.08 Å². The second-order valence-electron chi connectivity index (χ2n) is 10.2. The summed E-state index contributed by atoms with van der Waals surface area (Å²) in [6.45, 7) is 2.29. The first kappa shape index (κ1) is 25.0. The number of fused-ring (bicyclic) bond motifs is 5. The monoisotopic (exact) mass is 565 g/mol. The fraction of sp³-hybridized carbons (Fsp3) is 0.182. The minimum Gasteiger partial charge on any atom is -0.494 e. The van der Waals surface area contributed by atoms with Gasteiger partial charge in [0.2, 0.25) is 0 Å². The first-order chi connectivity index (χ1) is 19.5. The second-order valence-corrected chi connectivity index (χ2v) is 11.6. The third-order valence-corrected chi connectivity index (χ3v) is 9.47. The molecule has 7 rings (SSSR count). The molecule has 1 saturated heterocycles. The van der Waals surface area contributed by atoms with E-state index in [1.807, 2.05) is 71.8 Å². The summed E-state index contributed by atoms with van der Waals surface area (Å²) in [5, 5.41) is 2.43. The smallest absolute Gasteiger partial charge is 0.195 e. The van der Waals surface area contributed by atoms with Gasteiger partial charge in [-0.05, 0) is 48.2 Å². The quantitative estimate of drug-likeness (QED) is 0.190. The molecule has 1 aliphatic carbocycles. The summed E-state index contributed by atoms with van der Waals surface area (Å²) in [7, 11) is 0. The number of hydrogen-bond donors (Lipinski definition) is 0. The minimum absolute atomic E-state index is 0.138. The van der Waals surface area contributed by atoms with E-state index in [9.17, 15) is 14.4 Å². The number of carbonyl (C=O) groups is 3. The van der Waals surface area contributed by atoms with E-state index < -0.39 is 23.4 Å². The van der Waals surface area contributed by atoms with E-state index in [-0.39, 0.29) is 17.3 Å². The Balaban J connectivity index is 1.57. The Bertz CT molecular complexity index is 1690. The van der Waals surface area contributed by atoms with Gasteiger partial charge in [-0.25, -0.2) is 0 Å². The van der Waals surface area contributed by atoms with E-state index in [2.05, 4.69) is 0 Å². The van der Waals surface area contributed by atoms with Gasteiger partial charge >= 0.3 is 0 Å². The Labute approximate surface area is 240 Å². The molecule has 0 amide bonds. The minimum atomic E-state index is -1.57. The molecule has 3 heterocycles. The Morgan fingerprint density at radius 1 is 0.975 bits per heavy atom. The largest absolute Gasteiger partial charge is 0.494 e. The van der Waals surface area contributed by atoms with Gasteiger partial charge in [0.15, 0.2) is 17.3 Å². The van der Waals surface area contributed by atoms with Gasteiger partial charge in [0, 0.05) is 33.3 Å². The van der Waals surface area contributed by atoms with Crippen molar-refractivity contribution in [2.45, 2.75) is 24.9 Å². The van der Waals surface area contributed by atoms with Crippen molar-refractivity contribution < 1.29 is 19.1 Å². The molecule has 0 N–H and O–H groups in total. The highest BCUT2D eigenvalue weighted by Crippen LogP contribution is 2.62. The fourth-order valence-electron chi connectivity index (χ4n) is 6.88. The number of anilines is 1. The number of ketones is 3. The van der Waals surface area contributed by atoms with Crippen molar-refractivity contribution >= 4 is 52.1 Å². The molecule has 1 fully saturated rings. The predicted molar refractivity (Wildman–Crippen MR) is 157 cm³/mol. The molecule has 0 bridgehead atoms. The fourth-order valence-corrected chi connectivity index (χ4v) is 7.76. The van der Waals surface area contributed by atoms with E-state index >= 15 is 0 Å². The van der Waals surface area contributed by atoms with E-state index in [0.29, 0.717) is 38.9 Å². The first-order valence-corrected chi connectivity index (χ1v) is 14.5. The zero-order valence-corrected chi connectivity index (χ0v) is 23.1. The Hall–Kier alpha value is -4.00. The van der Waals surface area contributed by atoms with Crippen LogP contribution in [0, 0.1) is 5.41 Å². The first-order valence-electron chi connectivity index (χ1n) is 13.2. The van der Waals surface area contributed by atoms with E-state index in [4.69, 9.17) is 16.3 Å². The molecule has 0 saturated carbocycles. The zero-order chi connectivity index (χ0) is 27.6. The number of Topliss-reactive ketones (excluding diaryl/α,β-unsaturated/α-hetero) is 3. The van der Waals surface area contributed by atoms with Gasteiger partial charge < -0.3 is 9.64 Å². The number of halogens is 1. The number of benzene rings is 3. The van der Waals surface area contributed by atoms with Gasteiger partial charge in [-0.15, -0.1) is 11.3 Å². The summed E-state index contributed by atoms with van der Waals surface area (Å²) < 4.78 is 6.07. The highest BCUT2D eigenvalue weighted by Gasteiger charge is 2.72. The normalized spacial score (nSPS) is 21.9. The zero-order valence-electron chi connectivity index (χ0n) is 21.5. The topological polar surface area (TPSA) is 63.7 Å². The average Bonchev–Trinajstić information content (AvgIpc) is 3.67. The maximum Gasteiger partial charge on any atom is 0.195 e. The lowest BCUT2D eigenvalue weighted by molar-refractivity contribution is 0.0664. The number of rotatable bonds is 5. The SMILES string of the molecule is CCOc1ccccc1[C@H]1[C@H](C(=O)c2cccs2)N2c3ccc(Cl)cc3C=C[C@H]2C12C(=O)c1ccccc1C2=O. The van der Waals surface area contributed by atoms with Gasteiger partial charge in [0.05, 0.1) is 17.5 Å². The molecule has 5 nitrogen and oxygen atoms in total. The second kappa shape index (κ2) is 9.29. The summed E-state index contributed by atoms with van der Waals surface area (Å²) in [5.74, 6) is -0.907. The Morgan fingerprint density at radius 2 is 1.70 bits per heavy atom. The lowest BCUT2D eigenvalue weighted by Crippen LogP contribution is -2.48. The highest BCUT2D eigenvalue weighted by molar-refractivity contribution is 7.12. The number of thiophene rings is 1. The molecule has 40 heavy (non-hydrogen) atoms. The number of nitrogens with zero attached hydrogens (tertiary/aromatic N) is 1. The van der Waals surface area contributed by atoms with Crippen LogP contribution in [0.3, 0.4) is 0 Å². The lowest BCUT2D eigenvalue weighted by Gasteiger charge is -2.37. The summed E-state index contributed by atoms with van der Waals surface area (Å²) in [5.41, 5.74) is 1.49. The van der Waals surface area contributed by atoms with Crippen molar-refractivity contribution in [2.24, 2.45) is 5.41 Å². The molecule has 1 spiro atoms. The highest BCUT2D eigenvalue weighted by atomic mass is 35.5. The van der Waals surface area contributed by atoms with E-state index in [1.54, 1.807) is 36.4 Å². The maximum absolute atomic E-state index is 14.7. The lowest BCUT2D eigenvalue weighted by atomic mass is 9.64. The van der Waals surface area contributed by atoms with Crippen molar-refractivity contribution in [2.75, 3.05) is 11.5 Å². The van der Waals surface area contributed by atoms with Crippen LogP contribution in [0.5, 0.6) is 5.75 Å². The van der Waals surface area contributed by atoms with Crippen molar-refractivity contribution in [3.63, 3.8) is 0 Å². The summed E-state index contributed by atoms with van der Waals surface area (Å²) >= 11 is 7.72. The van der Waals surface area contributed by atoms with Crippen LogP contribution in [0.15, 0.2) is 90.3 Å². The van der Waals surface area contributed by atoms with Crippen molar-refractivity contribution in [3.8, 4) is 5.75 Å². The third-order valence-electron chi connectivity index (χ3n) is 8.35. The van der Waals surface area contributed by atoms with Crippen molar-refractivity contribution in [1.82, 2.24) is 0 Å². The van der Waals surface area contributed by atoms with Gasteiger partial charge in [-0.2, -0.15) is 0 Å². The molecular weight excluding hydrogens is 542 g/mol. The molecule has 2 aliphatic heterocycles. The van der Waals surface area contributed by atoms with E-state index in [0.717, 1.165) is 11.3 Å². The molecule has 0 unspecified atom stereocenters. The van der Waals surface area contributed by atoms with Crippen LogP contribution in [-0.4, -0.2) is 36.0 Å². The molecule has 198 valence electrons. The molecular formula is C33H24ClNO4S. The number of para-hydroxylation sites is 1. The van der Waals surface area contributed by atoms with Crippen LogP contribution in [-0.2, 0) is 0 Å². The standard InChI is InChI=1S/C33H24ClNO4S/c1-2-39-25-11-6-5-10-23(25)28-29(30(36)26-12-7-17-40-26)35-24-15-14-20(34)18-19(24)13-16-27(35)33(28)31(37)21-8-3-4-9-22(21)32(33)38/h3-18,27-29H,2H2,1H3/t27-,28-,29+/m0/s1. The van der Waals surface area contributed by atoms with Crippen LogP contribution in [0.2, 0.25) is 5.02 Å². The summed E-state index contributed by atoms with van der Waals surface area (Å²) in [6, 6.07) is 22.1. The average molecular weight is 566 g/mol. The molecule has 1 aromatic heterocycles. The molecule has 3 atom stereocenters. The number of carbonyl (C=O) groups excluding carboxylic acids is 3. The van der Waals surface area contributed by atoms with E-state index in [1.165, 1.54) is 11.3 Å². The van der Waals surface area contributed by atoms with Crippen molar-refractivity contribution in [1.29, 1.82) is 0 Å². The van der Waals surface area contributed by atoms with Crippen LogP contribution in [0.1, 0.15) is 54.4 Å². The van der Waals surface area contributed by atoms with Crippen LogP contribution < -0.4 is 9.64 Å². The van der Waals surface area contributed by atoms with Gasteiger partial charge in [-0.3, -0.25) is 14.4 Å². The molecule has 0 radical (unpaired) electrons. The van der Waals surface area contributed by atoms with Crippen LogP contribution >= 0.6 is 22.9 Å². The number of ether oxygens (including phenoxy) is 1. The molecule has 3 aromatic carbocycles. The molecule has 3 aliphatic rings. The predicted octanol–water partition coefficient (Wildman–Crippen LogP) is 7.12. The summed E-state index contributed by atoms with van der Waals surface area (Å²) in [6.07, 6.45) is 3.81. The third kappa shape index (κ3) is 3.30. The Kier molecular flexibility index (Phi) is 5.81. The van der Waals surface area contributed by atoms with Crippen molar-refractivity contribution in [3.05, 3.63) is 122 Å². The van der Waals surface area contributed by atoms with Gasteiger partial charge in [-0.1, -0.05) is 72.3 Å². The van der Waals surface area contributed by atoms with Gasteiger partial charge in [0.1, 0.15) is 17.2 Å².